The van der Waals surface area contributed by atoms with Crippen molar-refractivity contribution in [3.8, 4) is 0 Å². The Morgan fingerprint density at radius 1 is 1.67 bits per heavy atom. The molecule has 0 bridgehead atoms. The largest absolute Gasteiger partial charge is 0.480 e. The molecule has 0 aliphatic carbocycles. The van der Waals surface area contributed by atoms with E-state index in [0.717, 1.165) is 0 Å². The summed E-state index contributed by atoms with van der Waals surface area (Å²) < 4.78 is 2.67. The van der Waals surface area contributed by atoms with Gasteiger partial charge in [-0.15, -0.1) is 0 Å². The van der Waals surface area contributed by atoms with E-state index in [0.29, 0.717) is 0 Å². The average molecular weight is 243 g/mol. The molecule has 0 aromatic rings. The Morgan fingerprint density at radius 2 is 2.11 bits per heavy atom. The summed E-state index contributed by atoms with van der Waals surface area (Å²) in [5, 5.41) is 8.48. The zero-order chi connectivity index (χ0) is 7.44. The van der Waals surface area contributed by atoms with E-state index in [4.69, 9.17) is 5.11 Å². The van der Waals surface area contributed by atoms with E-state index in [1.807, 2.05) is 36.7 Å². The fourth-order valence-electron chi connectivity index (χ4n) is 0.458. The molecule has 0 amide bonds. The van der Waals surface area contributed by atoms with Gasteiger partial charge < -0.3 is 5.11 Å². The summed E-state index contributed by atoms with van der Waals surface area (Å²) in [6.45, 7) is 3.73. The summed E-state index contributed by atoms with van der Waals surface area (Å²) in [7, 11) is 0. The predicted octanol–water partition coefficient (Wildman–Crippen LogP) is 1.04. The lowest BCUT2D eigenvalue weighted by Crippen LogP contribution is -2.34. The van der Waals surface area contributed by atoms with E-state index in [9.17, 15) is 4.79 Å². The van der Waals surface area contributed by atoms with Gasteiger partial charge in [0.15, 0.2) is 0 Å². The molecule has 0 heterocycles. The van der Waals surface area contributed by atoms with Crippen molar-refractivity contribution >= 4 is 28.8 Å². The van der Waals surface area contributed by atoms with Crippen molar-refractivity contribution < 1.29 is 9.90 Å². The topological polar surface area (TPSA) is 49.3 Å². The number of carboxylic acids is 1. The second-order valence-electron chi connectivity index (χ2n) is 2.17. The quantitative estimate of drug-likeness (QED) is 0.575. The van der Waals surface area contributed by atoms with Gasteiger partial charge in [-0.3, -0.25) is 4.79 Å². The van der Waals surface area contributed by atoms with Gasteiger partial charge in [-0.1, -0.05) is 13.8 Å². The van der Waals surface area contributed by atoms with Gasteiger partial charge in [-0.2, -0.15) is 0 Å². The maximum atomic E-state index is 10.3. The van der Waals surface area contributed by atoms with E-state index >= 15 is 0 Å². The van der Waals surface area contributed by atoms with Gasteiger partial charge >= 0.3 is 5.97 Å². The highest BCUT2D eigenvalue weighted by molar-refractivity contribution is 14.1. The number of hydrogen-bond acceptors (Lipinski definition) is 2. The molecule has 1 unspecified atom stereocenters. The van der Waals surface area contributed by atoms with Crippen LogP contribution in [0.25, 0.3) is 0 Å². The van der Waals surface area contributed by atoms with E-state index in [-0.39, 0.29) is 5.92 Å². The number of carbonyl (C=O) groups is 1. The second kappa shape index (κ2) is 4.05. The maximum absolute atomic E-state index is 10.3. The van der Waals surface area contributed by atoms with Gasteiger partial charge in [0.25, 0.3) is 0 Å². The lowest BCUT2D eigenvalue weighted by atomic mass is 10.1. The molecule has 0 rings (SSSR count). The molecule has 0 radical (unpaired) electrons. The van der Waals surface area contributed by atoms with Crippen LogP contribution in [0.5, 0.6) is 0 Å². The number of aliphatic carboxylic acids is 1. The second-order valence-corrected chi connectivity index (χ2v) is 2.79. The van der Waals surface area contributed by atoms with Crippen LogP contribution in [0.15, 0.2) is 0 Å². The summed E-state index contributed by atoms with van der Waals surface area (Å²) in [4.78, 5) is 10.3. The Morgan fingerprint density at radius 3 is 2.11 bits per heavy atom. The molecule has 0 spiro atoms. The van der Waals surface area contributed by atoms with Gasteiger partial charge in [0.2, 0.25) is 0 Å². The fraction of sp³-hybridized carbons (Fsp3) is 0.800. The monoisotopic (exact) mass is 243 g/mol. The molecule has 9 heavy (non-hydrogen) atoms. The van der Waals surface area contributed by atoms with Crippen LogP contribution in [-0.2, 0) is 4.79 Å². The van der Waals surface area contributed by atoms with Crippen LogP contribution in [0, 0.1) is 5.92 Å². The third-order valence-electron chi connectivity index (χ3n) is 1.05. The SMILES string of the molecule is CC(C)C(NI)C(=O)O. The third-order valence-corrected chi connectivity index (χ3v) is 1.72. The first-order valence-corrected chi connectivity index (χ1v) is 3.76. The minimum absolute atomic E-state index is 0.138. The van der Waals surface area contributed by atoms with Crippen molar-refractivity contribution in [1.82, 2.24) is 3.53 Å². The van der Waals surface area contributed by atoms with Crippen molar-refractivity contribution in [2.24, 2.45) is 5.92 Å². The highest BCUT2D eigenvalue weighted by atomic mass is 127. The van der Waals surface area contributed by atoms with E-state index < -0.39 is 12.0 Å². The Labute approximate surface area is 68.3 Å². The van der Waals surface area contributed by atoms with Crippen molar-refractivity contribution in [1.29, 1.82) is 0 Å². The smallest absolute Gasteiger partial charge is 0.321 e. The summed E-state index contributed by atoms with van der Waals surface area (Å²) >= 11 is 1.85. The van der Waals surface area contributed by atoms with Crippen molar-refractivity contribution in [3.63, 3.8) is 0 Å². The van der Waals surface area contributed by atoms with E-state index in [2.05, 4.69) is 3.53 Å². The molecule has 0 fully saturated rings. The van der Waals surface area contributed by atoms with Crippen LogP contribution < -0.4 is 3.53 Å². The van der Waals surface area contributed by atoms with Crippen LogP contribution in [0.4, 0.5) is 0 Å². The van der Waals surface area contributed by atoms with Crippen LogP contribution in [0.2, 0.25) is 0 Å². The van der Waals surface area contributed by atoms with Crippen LogP contribution in [0.1, 0.15) is 13.8 Å². The maximum Gasteiger partial charge on any atom is 0.321 e. The minimum Gasteiger partial charge on any atom is -0.480 e. The van der Waals surface area contributed by atoms with Gasteiger partial charge in [0.1, 0.15) is 6.04 Å². The zero-order valence-corrected chi connectivity index (χ0v) is 7.55. The molecule has 0 aromatic carbocycles. The molecule has 0 aliphatic heterocycles. The van der Waals surface area contributed by atoms with Crippen LogP contribution in [0.3, 0.4) is 0 Å². The summed E-state index contributed by atoms with van der Waals surface area (Å²) in [6, 6.07) is -0.425. The first kappa shape index (κ1) is 9.16. The summed E-state index contributed by atoms with van der Waals surface area (Å²) in [5.74, 6) is -0.654. The minimum atomic E-state index is -0.792. The number of hydrogen-bond donors (Lipinski definition) is 2. The number of halogens is 1. The number of rotatable bonds is 3. The van der Waals surface area contributed by atoms with Gasteiger partial charge in [0.05, 0.1) is 0 Å². The van der Waals surface area contributed by atoms with Crippen LogP contribution >= 0.6 is 22.9 Å². The van der Waals surface area contributed by atoms with Crippen molar-refractivity contribution in [3.05, 3.63) is 0 Å². The van der Waals surface area contributed by atoms with Crippen molar-refractivity contribution in [2.45, 2.75) is 19.9 Å². The first-order valence-electron chi connectivity index (χ1n) is 2.68. The lowest BCUT2D eigenvalue weighted by Gasteiger charge is -2.12. The molecule has 1 atom stereocenters. The highest BCUT2D eigenvalue weighted by Gasteiger charge is 2.18. The number of nitrogens with one attached hydrogen (secondary N) is 1. The fourth-order valence-corrected chi connectivity index (χ4v) is 1.44. The molecule has 0 saturated carbocycles. The van der Waals surface area contributed by atoms with Crippen LogP contribution in [-0.4, -0.2) is 17.1 Å². The van der Waals surface area contributed by atoms with Gasteiger partial charge in [-0.25, -0.2) is 3.53 Å². The molecule has 0 saturated heterocycles. The van der Waals surface area contributed by atoms with E-state index in [1.54, 1.807) is 0 Å². The molecule has 0 aliphatic rings. The Bertz CT molecular complexity index is 105. The average Bonchev–Trinajstić information content (AvgIpc) is 1.64. The molecular weight excluding hydrogens is 233 g/mol. The molecular formula is C5H10INO2. The Hall–Kier alpha value is 0.160. The lowest BCUT2D eigenvalue weighted by molar-refractivity contribution is -0.139. The number of carboxylic acid groups (broad SMARTS) is 1. The third kappa shape index (κ3) is 3.00. The van der Waals surface area contributed by atoms with E-state index in [1.165, 1.54) is 0 Å². The molecule has 3 nitrogen and oxygen atoms in total. The highest BCUT2D eigenvalue weighted by Crippen LogP contribution is 2.02. The molecule has 2 N–H and O–H groups in total. The van der Waals surface area contributed by atoms with Crippen molar-refractivity contribution in [2.75, 3.05) is 0 Å². The standard InChI is InChI=1S/C5H10INO2/c1-3(2)4(7-6)5(8)9/h3-4,7H,1-2H3,(H,8,9). The molecule has 4 heteroatoms. The zero-order valence-electron chi connectivity index (χ0n) is 5.39. The summed E-state index contributed by atoms with van der Waals surface area (Å²) in [6.07, 6.45) is 0. The Kier molecular flexibility index (Phi) is 4.12. The predicted molar refractivity (Wildman–Crippen MR) is 43.4 cm³/mol. The molecule has 54 valence electrons. The normalized spacial score (nSPS) is 13.8. The Balaban J connectivity index is 3.83. The van der Waals surface area contributed by atoms with Gasteiger partial charge in [-0.05, 0) is 5.92 Å². The molecule has 0 aromatic heterocycles. The first-order chi connectivity index (χ1) is 4.09. The van der Waals surface area contributed by atoms with Gasteiger partial charge in [0, 0.05) is 22.9 Å². The summed E-state index contributed by atoms with van der Waals surface area (Å²) in [5.41, 5.74) is 0.